The lowest BCUT2D eigenvalue weighted by Gasteiger charge is -2.28. The summed E-state index contributed by atoms with van der Waals surface area (Å²) in [6.45, 7) is 8.76. The molecule has 6 nitrogen and oxygen atoms in total. The maximum atomic E-state index is 14.2. The molecule has 8 heteroatoms. The predicted octanol–water partition coefficient (Wildman–Crippen LogP) is 5.57. The van der Waals surface area contributed by atoms with E-state index in [4.69, 9.17) is 0 Å². The van der Waals surface area contributed by atoms with E-state index in [1.807, 2.05) is 30.3 Å². The van der Waals surface area contributed by atoms with Crippen molar-refractivity contribution < 1.29 is 19.1 Å². The van der Waals surface area contributed by atoms with Crippen LogP contribution in [0.1, 0.15) is 47.2 Å². The molecule has 1 aromatic heterocycles. The number of amides is 1. The zero-order valence-electron chi connectivity index (χ0n) is 20.7. The molecule has 0 saturated carbocycles. The zero-order valence-corrected chi connectivity index (χ0v) is 21.5. The molecule has 0 aliphatic carbocycles. The van der Waals surface area contributed by atoms with Gasteiger partial charge < -0.3 is 14.9 Å². The maximum absolute atomic E-state index is 14.2. The highest BCUT2D eigenvalue weighted by Gasteiger charge is 2.44. The second-order valence-electron chi connectivity index (χ2n) is 8.73. The number of ketones is 1. The highest BCUT2D eigenvalue weighted by atomic mass is 32.1. The quantitative estimate of drug-likeness (QED) is 0.363. The highest BCUT2D eigenvalue weighted by molar-refractivity contribution is 7.17. The first kappa shape index (κ1) is 25.7. The van der Waals surface area contributed by atoms with Crippen LogP contribution in [0.4, 0.5) is 4.39 Å². The molecule has 188 valence electrons. The van der Waals surface area contributed by atoms with Gasteiger partial charge in [0.1, 0.15) is 10.8 Å². The summed E-state index contributed by atoms with van der Waals surface area (Å²) < 4.78 is 14.2. The average Bonchev–Trinajstić information content (AvgIpc) is 3.39. The van der Waals surface area contributed by atoms with Gasteiger partial charge in [0, 0.05) is 12.1 Å². The van der Waals surface area contributed by atoms with Crippen molar-refractivity contribution in [1.29, 1.82) is 0 Å². The summed E-state index contributed by atoms with van der Waals surface area (Å²) in [7, 11) is 0. The van der Waals surface area contributed by atoms with Gasteiger partial charge >= 0.3 is 0 Å². The number of aryl methyl sites for hydroxylation is 1. The number of thiazole rings is 1. The number of hydrogen-bond acceptors (Lipinski definition) is 6. The summed E-state index contributed by atoms with van der Waals surface area (Å²) in [6.07, 6.45) is 0.658. The van der Waals surface area contributed by atoms with Gasteiger partial charge in [0.05, 0.1) is 22.2 Å². The third kappa shape index (κ3) is 5.10. The van der Waals surface area contributed by atoms with Crippen LogP contribution in [-0.2, 0) is 4.79 Å². The maximum Gasteiger partial charge on any atom is 0.290 e. The highest BCUT2D eigenvalue weighted by Crippen LogP contribution is 2.41. The van der Waals surface area contributed by atoms with Crippen molar-refractivity contribution in [3.8, 4) is 10.6 Å². The van der Waals surface area contributed by atoms with Crippen LogP contribution in [0.25, 0.3) is 10.6 Å². The van der Waals surface area contributed by atoms with Crippen LogP contribution in [0, 0.1) is 12.7 Å². The standard InChI is InChI=1S/C28H30FN3O3S/c1-4-31(5-2)15-10-16-32-23(20-13-9-14-21(29)17-20)22(25(34)28(32)35)24(33)26-18(3)30-27(36-26)19-11-7-6-8-12-19/h6-9,11-14,17,23,34H,4-5,10,15-16H2,1-3H3. The van der Waals surface area contributed by atoms with E-state index in [-0.39, 0.29) is 5.57 Å². The SMILES string of the molecule is CCN(CC)CCCN1C(=O)C(O)=C(C(=O)c2sc(-c3ccccc3)nc2C)C1c1cccc(F)c1. The monoisotopic (exact) mass is 507 g/mol. The molecule has 0 spiro atoms. The average molecular weight is 508 g/mol. The van der Waals surface area contributed by atoms with E-state index in [0.29, 0.717) is 34.1 Å². The molecule has 0 fully saturated rings. The lowest BCUT2D eigenvalue weighted by molar-refractivity contribution is -0.129. The normalized spacial score (nSPS) is 15.9. The molecule has 2 heterocycles. The smallest absolute Gasteiger partial charge is 0.290 e. The molecule has 0 saturated heterocycles. The lowest BCUT2D eigenvalue weighted by atomic mass is 9.95. The largest absolute Gasteiger partial charge is 0.503 e. The Bertz CT molecular complexity index is 1280. The fraction of sp³-hybridized carbons (Fsp3) is 0.321. The molecule has 36 heavy (non-hydrogen) atoms. The number of halogens is 1. The summed E-state index contributed by atoms with van der Waals surface area (Å²) in [5.74, 6) is -2.12. The van der Waals surface area contributed by atoms with Crippen LogP contribution < -0.4 is 0 Å². The van der Waals surface area contributed by atoms with Crippen LogP contribution in [0.2, 0.25) is 0 Å². The van der Waals surface area contributed by atoms with Gasteiger partial charge in [-0.05, 0) is 50.7 Å². The number of aliphatic hydroxyl groups excluding tert-OH is 1. The van der Waals surface area contributed by atoms with Crippen molar-refractivity contribution in [3.63, 3.8) is 0 Å². The third-order valence-electron chi connectivity index (χ3n) is 6.50. The van der Waals surface area contributed by atoms with Gasteiger partial charge in [-0.2, -0.15) is 0 Å². The Balaban J connectivity index is 1.70. The van der Waals surface area contributed by atoms with Crippen molar-refractivity contribution in [2.75, 3.05) is 26.2 Å². The van der Waals surface area contributed by atoms with Crippen molar-refractivity contribution in [2.45, 2.75) is 33.2 Å². The van der Waals surface area contributed by atoms with E-state index in [9.17, 15) is 19.1 Å². The number of carbonyl (C=O) groups excluding carboxylic acids is 2. The Hall–Kier alpha value is -3.36. The molecule has 0 radical (unpaired) electrons. The number of aliphatic hydroxyl groups is 1. The van der Waals surface area contributed by atoms with Crippen molar-refractivity contribution in [1.82, 2.24) is 14.8 Å². The number of Topliss-reactive ketones (excluding diaryl/α,β-unsaturated/α-hetero) is 1. The molecular weight excluding hydrogens is 477 g/mol. The molecule has 3 aromatic rings. The first-order valence-electron chi connectivity index (χ1n) is 12.1. The number of carbonyl (C=O) groups is 2. The minimum absolute atomic E-state index is 0.0280. The summed E-state index contributed by atoms with van der Waals surface area (Å²) in [4.78, 5) is 35.7. The van der Waals surface area contributed by atoms with Crippen LogP contribution in [0.15, 0.2) is 65.9 Å². The zero-order chi connectivity index (χ0) is 25.8. The van der Waals surface area contributed by atoms with Crippen molar-refractivity contribution in [2.24, 2.45) is 0 Å². The van der Waals surface area contributed by atoms with E-state index in [1.54, 1.807) is 19.1 Å². The van der Waals surface area contributed by atoms with E-state index < -0.39 is 29.3 Å². The number of hydrogen-bond donors (Lipinski definition) is 1. The van der Waals surface area contributed by atoms with E-state index in [1.165, 1.54) is 28.4 Å². The minimum Gasteiger partial charge on any atom is -0.503 e. The van der Waals surface area contributed by atoms with Crippen LogP contribution in [-0.4, -0.2) is 57.8 Å². The van der Waals surface area contributed by atoms with Crippen LogP contribution in [0.3, 0.4) is 0 Å². The number of rotatable bonds is 10. The first-order valence-corrected chi connectivity index (χ1v) is 13.0. The topological polar surface area (TPSA) is 73.7 Å². The van der Waals surface area contributed by atoms with E-state index >= 15 is 0 Å². The van der Waals surface area contributed by atoms with Gasteiger partial charge in [0.2, 0.25) is 5.78 Å². The van der Waals surface area contributed by atoms with Gasteiger partial charge in [-0.25, -0.2) is 9.37 Å². The van der Waals surface area contributed by atoms with Gasteiger partial charge in [-0.15, -0.1) is 11.3 Å². The summed E-state index contributed by atoms with van der Waals surface area (Å²) in [5, 5.41) is 11.6. The molecule has 1 aliphatic rings. The molecule has 1 atom stereocenters. The van der Waals surface area contributed by atoms with Crippen molar-refractivity contribution >= 4 is 23.0 Å². The minimum atomic E-state index is -0.876. The molecule has 1 aliphatic heterocycles. The molecule has 2 aromatic carbocycles. The van der Waals surface area contributed by atoms with E-state index in [2.05, 4.69) is 23.7 Å². The second kappa shape index (κ2) is 11.1. The Labute approximate surface area is 214 Å². The van der Waals surface area contributed by atoms with Gasteiger partial charge in [0.25, 0.3) is 5.91 Å². The van der Waals surface area contributed by atoms with Gasteiger partial charge in [-0.1, -0.05) is 56.3 Å². The lowest BCUT2D eigenvalue weighted by Crippen LogP contribution is -2.34. The molecule has 4 rings (SSSR count). The number of aromatic nitrogens is 1. The fourth-order valence-corrected chi connectivity index (χ4v) is 5.60. The predicted molar refractivity (Wildman–Crippen MR) is 140 cm³/mol. The molecule has 1 unspecified atom stereocenters. The Kier molecular flexibility index (Phi) is 7.96. The fourth-order valence-electron chi connectivity index (χ4n) is 4.58. The summed E-state index contributed by atoms with van der Waals surface area (Å²) >= 11 is 1.22. The Morgan fingerprint density at radius 3 is 2.53 bits per heavy atom. The van der Waals surface area contributed by atoms with Gasteiger partial charge in [0.15, 0.2) is 5.76 Å². The molecule has 1 N–H and O–H groups in total. The summed E-state index contributed by atoms with van der Waals surface area (Å²) in [5.41, 5.74) is 1.82. The van der Waals surface area contributed by atoms with Crippen molar-refractivity contribution in [3.05, 3.63) is 87.9 Å². The Morgan fingerprint density at radius 2 is 1.86 bits per heavy atom. The van der Waals surface area contributed by atoms with Crippen LogP contribution >= 0.6 is 11.3 Å². The number of benzene rings is 2. The second-order valence-corrected chi connectivity index (χ2v) is 9.73. The Morgan fingerprint density at radius 1 is 1.14 bits per heavy atom. The number of nitrogens with zero attached hydrogens (tertiary/aromatic N) is 3. The first-order chi connectivity index (χ1) is 17.3. The van der Waals surface area contributed by atoms with Gasteiger partial charge in [-0.3, -0.25) is 9.59 Å². The van der Waals surface area contributed by atoms with Crippen LogP contribution in [0.5, 0.6) is 0 Å². The summed E-state index contributed by atoms with van der Waals surface area (Å²) in [6, 6.07) is 14.5. The molecular formula is C28H30FN3O3S. The third-order valence-corrected chi connectivity index (χ3v) is 7.71. The molecule has 1 amide bonds. The molecule has 0 bridgehead atoms. The van der Waals surface area contributed by atoms with E-state index in [0.717, 1.165) is 25.2 Å².